The maximum Gasteiger partial charge on any atom is 0.0859 e. The predicted octanol–water partition coefficient (Wildman–Crippen LogP) is 3.82. The van der Waals surface area contributed by atoms with Crippen LogP contribution in [-0.4, -0.2) is 15.0 Å². The SMILES string of the molecule is CC(C)(C)CC1[C@H]2Cc3c(nnn3C(C)(C)C)CC[C@@H]12. The molecule has 0 radical (unpaired) electrons. The zero-order valence-corrected chi connectivity index (χ0v) is 13.9. The summed E-state index contributed by atoms with van der Waals surface area (Å²) in [6.07, 6.45) is 5.02. The van der Waals surface area contributed by atoms with Gasteiger partial charge >= 0.3 is 0 Å². The lowest BCUT2D eigenvalue weighted by Crippen LogP contribution is -2.26. The molecule has 1 fully saturated rings. The Bertz CT molecular complexity index is 501. The first kappa shape index (κ1) is 14.1. The molecule has 1 heterocycles. The lowest BCUT2D eigenvalue weighted by molar-refractivity contribution is 0.324. The lowest BCUT2D eigenvalue weighted by Gasteiger charge is -2.22. The fourth-order valence-corrected chi connectivity index (χ4v) is 4.06. The average molecular weight is 275 g/mol. The van der Waals surface area contributed by atoms with E-state index in [0.717, 1.165) is 24.2 Å². The number of aryl methyl sites for hydroxylation is 1. The van der Waals surface area contributed by atoms with Crippen LogP contribution in [0.1, 0.15) is 65.8 Å². The standard InChI is InChI=1S/C17H29N3/c1-16(2,3)10-13-11-7-8-14-15(9-12(11)13)20(19-18-14)17(4,5)6/h11-13H,7-10H2,1-6H3/t11-,12+,13?/m1/s1. The van der Waals surface area contributed by atoms with Crippen LogP contribution in [0.2, 0.25) is 0 Å². The highest BCUT2D eigenvalue weighted by molar-refractivity contribution is 5.20. The minimum absolute atomic E-state index is 0.0504. The Morgan fingerprint density at radius 2 is 1.80 bits per heavy atom. The summed E-state index contributed by atoms with van der Waals surface area (Å²) in [5.41, 5.74) is 3.19. The molecule has 2 aliphatic rings. The smallest absolute Gasteiger partial charge is 0.0859 e. The fourth-order valence-electron chi connectivity index (χ4n) is 4.06. The minimum Gasteiger partial charge on any atom is -0.244 e. The van der Waals surface area contributed by atoms with Gasteiger partial charge in [0, 0.05) is 0 Å². The van der Waals surface area contributed by atoms with Crippen LogP contribution in [0.25, 0.3) is 0 Å². The van der Waals surface area contributed by atoms with Gasteiger partial charge in [0.05, 0.1) is 16.9 Å². The molecule has 112 valence electrons. The molecule has 3 heteroatoms. The van der Waals surface area contributed by atoms with E-state index in [1.165, 1.54) is 30.7 Å². The fraction of sp³-hybridized carbons (Fsp3) is 0.882. The minimum atomic E-state index is 0.0504. The maximum absolute atomic E-state index is 4.45. The number of fused-ring (bicyclic) bond motifs is 2. The molecule has 1 aromatic rings. The van der Waals surface area contributed by atoms with E-state index in [0.29, 0.717) is 5.41 Å². The van der Waals surface area contributed by atoms with Crippen molar-refractivity contribution in [2.75, 3.05) is 0 Å². The maximum atomic E-state index is 4.45. The van der Waals surface area contributed by atoms with Gasteiger partial charge < -0.3 is 0 Å². The summed E-state index contributed by atoms with van der Waals surface area (Å²) in [5, 5.41) is 8.88. The Hall–Kier alpha value is -0.860. The van der Waals surface area contributed by atoms with Gasteiger partial charge in [-0.25, -0.2) is 4.68 Å². The molecule has 2 aliphatic carbocycles. The van der Waals surface area contributed by atoms with Gasteiger partial charge in [-0.3, -0.25) is 0 Å². The molecule has 0 spiro atoms. The topological polar surface area (TPSA) is 30.7 Å². The van der Waals surface area contributed by atoms with Crippen molar-refractivity contribution in [3.05, 3.63) is 11.4 Å². The van der Waals surface area contributed by atoms with Crippen LogP contribution in [0.15, 0.2) is 0 Å². The van der Waals surface area contributed by atoms with Crippen molar-refractivity contribution >= 4 is 0 Å². The Labute approximate surface area is 123 Å². The Balaban J connectivity index is 1.81. The van der Waals surface area contributed by atoms with Gasteiger partial charge in [-0.05, 0) is 69.6 Å². The Morgan fingerprint density at radius 3 is 2.40 bits per heavy atom. The molecule has 20 heavy (non-hydrogen) atoms. The number of nitrogens with zero attached hydrogens (tertiary/aromatic N) is 3. The van der Waals surface area contributed by atoms with Crippen LogP contribution < -0.4 is 0 Å². The highest BCUT2D eigenvalue weighted by Gasteiger charge is 2.52. The Morgan fingerprint density at radius 1 is 1.10 bits per heavy atom. The van der Waals surface area contributed by atoms with Crippen molar-refractivity contribution in [3.63, 3.8) is 0 Å². The number of hydrogen-bond donors (Lipinski definition) is 0. The quantitative estimate of drug-likeness (QED) is 0.780. The van der Waals surface area contributed by atoms with Crippen molar-refractivity contribution in [2.45, 2.75) is 72.8 Å². The molecule has 0 amide bonds. The zero-order valence-electron chi connectivity index (χ0n) is 13.9. The number of rotatable bonds is 1. The molecule has 3 rings (SSSR count). The molecule has 1 aromatic heterocycles. The van der Waals surface area contributed by atoms with Crippen LogP contribution in [0, 0.1) is 23.2 Å². The largest absolute Gasteiger partial charge is 0.244 e. The van der Waals surface area contributed by atoms with Crippen LogP contribution in [-0.2, 0) is 18.4 Å². The molecule has 3 atom stereocenters. The third-order valence-electron chi connectivity index (χ3n) is 4.98. The summed E-state index contributed by atoms with van der Waals surface area (Å²) in [4.78, 5) is 0. The third kappa shape index (κ3) is 2.51. The first-order valence-electron chi connectivity index (χ1n) is 8.11. The summed E-state index contributed by atoms with van der Waals surface area (Å²) in [6, 6.07) is 0. The van der Waals surface area contributed by atoms with Gasteiger partial charge in [0.2, 0.25) is 0 Å². The van der Waals surface area contributed by atoms with E-state index in [1.807, 2.05) is 0 Å². The van der Waals surface area contributed by atoms with Crippen molar-refractivity contribution in [1.29, 1.82) is 0 Å². The molecular weight excluding hydrogens is 246 g/mol. The van der Waals surface area contributed by atoms with Crippen LogP contribution >= 0.6 is 0 Å². The van der Waals surface area contributed by atoms with E-state index >= 15 is 0 Å². The van der Waals surface area contributed by atoms with E-state index in [-0.39, 0.29) is 5.54 Å². The highest BCUT2D eigenvalue weighted by atomic mass is 15.5. The second-order valence-electron chi connectivity index (χ2n) is 9.06. The van der Waals surface area contributed by atoms with Gasteiger partial charge in [-0.1, -0.05) is 26.0 Å². The molecule has 0 aromatic carbocycles. The van der Waals surface area contributed by atoms with E-state index in [9.17, 15) is 0 Å². The molecule has 3 nitrogen and oxygen atoms in total. The summed E-state index contributed by atoms with van der Waals surface area (Å²) in [7, 11) is 0. The molecular formula is C17H29N3. The summed E-state index contributed by atoms with van der Waals surface area (Å²) in [5.74, 6) is 2.76. The first-order valence-corrected chi connectivity index (χ1v) is 8.11. The summed E-state index contributed by atoms with van der Waals surface area (Å²) in [6.45, 7) is 13.8. The van der Waals surface area contributed by atoms with Crippen molar-refractivity contribution in [2.24, 2.45) is 23.2 Å². The monoisotopic (exact) mass is 275 g/mol. The molecule has 0 saturated heterocycles. The highest BCUT2D eigenvalue weighted by Crippen LogP contribution is 2.57. The average Bonchev–Trinajstić information content (AvgIpc) is 2.76. The molecule has 1 unspecified atom stereocenters. The second kappa shape index (κ2) is 4.32. The summed E-state index contributed by atoms with van der Waals surface area (Å²) >= 11 is 0. The van der Waals surface area contributed by atoms with Gasteiger partial charge in [-0.15, -0.1) is 5.10 Å². The molecule has 0 N–H and O–H groups in total. The first-order chi connectivity index (χ1) is 9.17. The van der Waals surface area contributed by atoms with Gasteiger partial charge in [0.15, 0.2) is 0 Å². The van der Waals surface area contributed by atoms with Crippen molar-refractivity contribution in [3.8, 4) is 0 Å². The number of hydrogen-bond acceptors (Lipinski definition) is 2. The van der Waals surface area contributed by atoms with Gasteiger partial charge in [-0.2, -0.15) is 0 Å². The van der Waals surface area contributed by atoms with Gasteiger partial charge in [0.1, 0.15) is 0 Å². The van der Waals surface area contributed by atoms with E-state index in [4.69, 9.17) is 0 Å². The van der Waals surface area contributed by atoms with Crippen LogP contribution in [0.3, 0.4) is 0 Å². The normalized spacial score (nSPS) is 29.6. The van der Waals surface area contributed by atoms with E-state index in [1.54, 1.807) is 0 Å². The lowest BCUT2D eigenvalue weighted by atomic mass is 9.87. The predicted molar refractivity (Wildman–Crippen MR) is 81.6 cm³/mol. The van der Waals surface area contributed by atoms with Crippen LogP contribution in [0.5, 0.6) is 0 Å². The van der Waals surface area contributed by atoms with E-state index in [2.05, 4.69) is 56.5 Å². The molecule has 0 bridgehead atoms. The second-order valence-corrected chi connectivity index (χ2v) is 9.06. The van der Waals surface area contributed by atoms with Crippen LogP contribution in [0.4, 0.5) is 0 Å². The summed E-state index contributed by atoms with van der Waals surface area (Å²) < 4.78 is 2.18. The third-order valence-corrected chi connectivity index (χ3v) is 4.98. The molecule has 1 saturated carbocycles. The zero-order chi connectivity index (χ0) is 14.7. The Kier molecular flexibility index (Phi) is 3.04. The van der Waals surface area contributed by atoms with Crippen molar-refractivity contribution < 1.29 is 0 Å². The van der Waals surface area contributed by atoms with E-state index < -0.39 is 0 Å². The van der Waals surface area contributed by atoms with Crippen molar-refractivity contribution in [1.82, 2.24) is 15.0 Å². The molecule has 0 aliphatic heterocycles. The van der Waals surface area contributed by atoms with Gasteiger partial charge in [0.25, 0.3) is 0 Å². The number of aromatic nitrogens is 3.